The minimum atomic E-state index is 0.225. The van der Waals surface area contributed by atoms with Gasteiger partial charge < -0.3 is 16.3 Å². The van der Waals surface area contributed by atoms with Gasteiger partial charge in [0.2, 0.25) is 0 Å². The summed E-state index contributed by atoms with van der Waals surface area (Å²) in [5, 5.41) is 14.2. The molecular weight excluding hydrogens is 174 g/mol. The maximum atomic E-state index is 8.24. The molecule has 0 aromatic rings. The number of hydrogen-bond donors (Lipinski definition) is 3. The first-order valence-corrected chi connectivity index (χ1v) is 5.13. The van der Waals surface area contributed by atoms with E-state index in [1.807, 2.05) is 11.8 Å². The molecule has 0 spiro atoms. The molecule has 0 radical (unpaired) electrons. The quantitative estimate of drug-likeness (QED) is 0.247. The average Bonchev–Trinajstić information content (AvgIpc) is 2.10. The fraction of sp³-hybridized carbons (Fsp3) is 0.857. The Morgan fingerprint density at radius 3 is 2.92 bits per heavy atom. The predicted octanol–water partition coefficient (Wildman–Crippen LogP) is 0.464. The van der Waals surface area contributed by atoms with E-state index in [0.29, 0.717) is 12.6 Å². The molecule has 0 amide bonds. The summed E-state index contributed by atoms with van der Waals surface area (Å²) in [5.41, 5.74) is 5.28. The van der Waals surface area contributed by atoms with Gasteiger partial charge in [-0.2, -0.15) is 11.8 Å². The molecule has 0 aliphatic rings. The zero-order valence-electron chi connectivity index (χ0n) is 7.58. The third-order valence-electron chi connectivity index (χ3n) is 1.33. The van der Waals surface area contributed by atoms with Gasteiger partial charge in [0.25, 0.3) is 0 Å². The zero-order valence-corrected chi connectivity index (χ0v) is 8.40. The van der Waals surface area contributed by atoms with Crippen LogP contribution in [0.3, 0.4) is 0 Å². The molecule has 0 bridgehead atoms. The topological polar surface area (TPSA) is 70.6 Å². The van der Waals surface area contributed by atoms with Gasteiger partial charge in [0, 0.05) is 11.8 Å². The summed E-state index contributed by atoms with van der Waals surface area (Å²) in [4.78, 5) is 0. The Balaban J connectivity index is 3.37. The van der Waals surface area contributed by atoms with Crippen molar-refractivity contribution in [1.82, 2.24) is 5.32 Å². The molecule has 0 aromatic heterocycles. The van der Waals surface area contributed by atoms with Gasteiger partial charge in [-0.15, -0.1) is 0 Å². The van der Waals surface area contributed by atoms with E-state index in [1.54, 1.807) is 0 Å². The van der Waals surface area contributed by atoms with Gasteiger partial charge in [-0.1, -0.05) is 12.1 Å². The number of rotatable bonds is 6. The van der Waals surface area contributed by atoms with E-state index in [2.05, 4.69) is 24.3 Å². The highest BCUT2D eigenvalue weighted by Gasteiger charge is 2.00. The fourth-order valence-electron chi connectivity index (χ4n) is 0.668. The van der Waals surface area contributed by atoms with Crippen molar-refractivity contribution in [2.45, 2.75) is 19.9 Å². The van der Waals surface area contributed by atoms with Gasteiger partial charge in [0.15, 0.2) is 5.84 Å². The van der Waals surface area contributed by atoms with Crippen LogP contribution in [0.1, 0.15) is 13.8 Å². The zero-order chi connectivity index (χ0) is 9.40. The Morgan fingerprint density at radius 1 is 1.75 bits per heavy atom. The molecule has 0 aromatic carbocycles. The monoisotopic (exact) mass is 191 g/mol. The van der Waals surface area contributed by atoms with Crippen LogP contribution in [-0.2, 0) is 0 Å². The molecule has 0 fully saturated rings. The smallest absolute Gasteiger partial charge is 0.153 e. The molecule has 4 nitrogen and oxygen atoms in total. The van der Waals surface area contributed by atoms with Crippen molar-refractivity contribution in [2.75, 3.05) is 18.1 Å². The van der Waals surface area contributed by atoms with Crippen LogP contribution in [0.15, 0.2) is 5.16 Å². The van der Waals surface area contributed by atoms with Crippen molar-refractivity contribution in [1.29, 1.82) is 0 Å². The van der Waals surface area contributed by atoms with Crippen LogP contribution in [0, 0.1) is 0 Å². The Hall–Kier alpha value is -0.420. The number of nitrogens with one attached hydrogen (secondary N) is 1. The fourth-order valence-corrected chi connectivity index (χ4v) is 1.37. The number of amidine groups is 1. The molecule has 1 atom stereocenters. The lowest BCUT2D eigenvalue weighted by Gasteiger charge is -2.11. The van der Waals surface area contributed by atoms with Crippen molar-refractivity contribution in [3.63, 3.8) is 0 Å². The lowest BCUT2D eigenvalue weighted by atomic mass is 10.4. The van der Waals surface area contributed by atoms with E-state index in [-0.39, 0.29) is 5.84 Å². The summed E-state index contributed by atoms with van der Waals surface area (Å²) in [7, 11) is 0. The second-order valence-corrected chi connectivity index (χ2v) is 3.85. The summed E-state index contributed by atoms with van der Waals surface area (Å²) in [6.45, 7) is 4.65. The van der Waals surface area contributed by atoms with E-state index in [9.17, 15) is 0 Å². The van der Waals surface area contributed by atoms with E-state index in [4.69, 9.17) is 10.9 Å². The summed E-state index contributed by atoms with van der Waals surface area (Å²) in [6.07, 6.45) is 0. The van der Waals surface area contributed by atoms with Crippen molar-refractivity contribution in [2.24, 2.45) is 10.9 Å². The number of oxime groups is 1. The summed E-state index contributed by atoms with van der Waals surface area (Å²) >= 11 is 1.87. The second-order valence-electron chi connectivity index (χ2n) is 2.53. The second kappa shape index (κ2) is 7.24. The number of hydrogen-bond acceptors (Lipinski definition) is 4. The summed E-state index contributed by atoms with van der Waals surface area (Å²) in [6, 6.07) is 0.398. The molecule has 4 N–H and O–H groups in total. The SMILES string of the molecule is CCSCC(C)NCC(N)=NO. The van der Waals surface area contributed by atoms with Gasteiger partial charge in [0.1, 0.15) is 0 Å². The van der Waals surface area contributed by atoms with Crippen LogP contribution in [0.5, 0.6) is 0 Å². The molecule has 0 rings (SSSR count). The first-order chi connectivity index (χ1) is 5.70. The summed E-state index contributed by atoms with van der Waals surface area (Å²) < 4.78 is 0. The minimum absolute atomic E-state index is 0.225. The van der Waals surface area contributed by atoms with Gasteiger partial charge in [-0.05, 0) is 12.7 Å². The molecule has 0 saturated carbocycles. The van der Waals surface area contributed by atoms with E-state index >= 15 is 0 Å². The van der Waals surface area contributed by atoms with Crippen LogP contribution in [0.25, 0.3) is 0 Å². The van der Waals surface area contributed by atoms with E-state index < -0.39 is 0 Å². The molecule has 72 valence electrons. The standard InChI is InChI=1S/C7H17N3OS/c1-3-12-5-6(2)9-4-7(8)10-11/h6,9,11H,3-5H2,1-2H3,(H2,8,10). The van der Waals surface area contributed by atoms with Crippen LogP contribution >= 0.6 is 11.8 Å². The summed E-state index contributed by atoms with van der Waals surface area (Å²) in [5.74, 6) is 2.40. The molecule has 0 aliphatic heterocycles. The Bertz CT molecular complexity index is 141. The molecule has 12 heavy (non-hydrogen) atoms. The van der Waals surface area contributed by atoms with Gasteiger partial charge >= 0.3 is 0 Å². The highest BCUT2D eigenvalue weighted by atomic mass is 32.2. The van der Waals surface area contributed by atoms with Crippen molar-refractivity contribution in [3.05, 3.63) is 0 Å². The molecule has 1 unspecified atom stereocenters. The Kier molecular flexibility index (Phi) is 6.99. The maximum Gasteiger partial charge on any atom is 0.153 e. The van der Waals surface area contributed by atoms with Crippen molar-refractivity contribution >= 4 is 17.6 Å². The van der Waals surface area contributed by atoms with Crippen LogP contribution in [-0.4, -0.2) is 35.1 Å². The number of nitrogens with zero attached hydrogens (tertiary/aromatic N) is 1. The van der Waals surface area contributed by atoms with Gasteiger partial charge in [0.05, 0.1) is 6.54 Å². The van der Waals surface area contributed by atoms with Crippen molar-refractivity contribution in [3.8, 4) is 0 Å². The molecular formula is C7H17N3OS. The van der Waals surface area contributed by atoms with Crippen molar-refractivity contribution < 1.29 is 5.21 Å². The predicted molar refractivity (Wildman–Crippen MR) is 53.9 cm³/mol. The normalized spacial score (nSPS) is 14.7. The third kappa shape index (κ3) is 6.30. The van der Waals surface area contributed by atoms with E-state index in [1.165, 1.54) is 0 Å². The van der Waals surface area contributed by atoms with Gasteiger partial charge in [-0.25, -0.2) is 0 Å². The van der Waals surface area contributed by atoms with Crippen LogP contribution < -0.4 is 11.1 Å². The molecule has 0 heterocycles. The Morgan fingerprint density at radius 2 is 2.42 bits per heavy atom. The average molecular weight is 191 g/mol. The Labute approximate surface area is 77.6 Å². The highest BCUT2D eigenvalue weighted by Crippen LogP contribution is 2.00. The van der Waals surface area contributed by atoms with E-state index in [0.717, 1.165) is 11.5 Å². The minimum Gasteiger partial charge on any atom is -0.409 e. The lowest BCUT2D eigenvalue weighted by molar-refractivity contribution is 0.317. The molecule has 0 aliphatic carbocycles. The first kappa shape index (κ1) is 11.6. The third-order valence-corrected chi connectivity index (χ3v) is 2.48. The highest BCUT2D eigenvalue weighted by molar-refractivity contribution is 7.99. The largest absolute Gasteiger partial charge is 0.409 e. The molecule has 5 heteroatoms. The van der Waals surface area contributed by atoms with Gasteiger partial charge in [-0.3, -0.25) is 0 Å². The first-order valence-electron chi connectivity index (χ1n) is 3.98. The molecule has 0 saturated heterocycles. The van der Waals surface area contributed by atoms with Crippen LogP contribution in [0.2, 0.25) is 0 Å². The number of thioether (sulfide) groups is 1. The maximum absolute atomic E-state index is 8.24. The lowest BCUT2D eigenvalue weighted by Crippen LogP contribution is -2.36. The number of nitrogens with two attached hydrogens (primary N) is 1. The van der Waals surface area contributed by atoms with Crippen LogP contribution in [0.4, 0.5) is 0 Å².